The van der Waals surface area contributed by atoms with E-state index < -0.39 is 0 Å². The molecule has 0 aliphatic heterocycles. The predicted molar refractivity (Wildman–Crippen MR) is 99.0 cm³/mol. The molecule has 132 valence electrons. The molecule has 0 aliphatic carbocycles. The van der Waals surface area contributed by atoms with E-state index in [9.17, 15) is 9.59 Å². The molecule has 0 radical (unpaired) electrons. The number of imidazole rings is 1. The second-order valence-corrected chi connectivity index (χ2v) is 6.85. The highest BCUT2D eigenvalue weighted by Gasteiger charge is 2.14. The van der Waals surface area contributed by atoms with Gasteiger partial charge < -0.3 is 9.72 Å². The van der Waals surface area contributed by atoms with E-state index in [0.29, 0.717) is 16.9 Å². The SMILES string of the molecule is Cc1nc2cc[nH]n2c(=O)c1CC(=O)NCc1cn2cc(Br)ccc2n1. The summed E-state index contributed by atoms with van der Waals surface area (Å²) in [4.78, 5) is 33.5. The molecule has 0 saturated carbocycles. The molecule has 1 amide bonds. The molecule has 4 aromatic rings. The van der Waals surface area contributed by atoms with Crippen molar-refractivity contribution >= 4 is 33.1 Å². The second-order valence-electron chi connectivity index (χ2n) is 5.94. The van der Waals surface area contributed by atoms with Crippen molar-refractivity contribution in [2.75, 3.05) is 0 Å². The molecule has 0 atom stereocenters. The molecule has 0 unspecified atom stereocenters. The Kier molecular flexibility index (Phi) is 4.08. The van der Waals surface area contributed by atoms with E-state index in [4.69, 9.17) is 0 Å². The minimum Gasteiger partial charge on any atom is -0.350 e. The van der Waals surface area contributed by atoms with Crippen LogP contribution in [0.2, 0.25) is 0 Å². The summed E-state index contributed by atoms with van der Waals surface area (Å²) in [5.74, 6) is -0.253. The van der Waals surface area contributed by atoms with Crippen LogP contribution in [-0.2, 0) is 17.8 Å². The minimum atomic E-state index is -0.259. The van der Waals surface area contributed by atoms with Crippen LogP contribution in [0.3, 0.4) is 0 Å². The van der Waals surface area contributed by atoms with Crippen molar-refractivity contribution in [3.8, 4) is 0 Å². The highest BCUT2D eigenvalue weighted by Crippen LogP contribution is 2.12. The zero-order valence-electron chi connectivity index (χ0n) is 13.9. The Morgan fingerprint density at radius 3 is 2.92 bits per heavy atom. The molecule has 2 N–H and O–H groups in total. The number of fused-ring (bicyclic) bond motifs is 2. The molecule has 26 heavy (non-hydrogen) atoms. The number of nitrogens with zero attached hydrogens (tertiary/aromatic N) is 4. The molecular formula is C17H15BrN6O2. The number of carbonyl (C=O) groups is 1. The Labute approximate surface area is 156 Å². The van der Waals surface area contributed by atoms with Crippen LogP contribution >= 0.6 is 15.9 Å². The van der Waals surface area contributed by atoms with Crippen LogP contribution in [0.15, 0.2) is 46.1 Å². The number of aromatic amines is 1. The van der Waals surface area contributed by atoms with E-state index >= 15 is 0 Å². The summed E-state index contributed by atoms with van der Waals surface area (Å²) >= 11 is 3.41. The summed E-state index contributed by atoms with van der Waals surface area (Å²) in [7, 11) is 0. The van der Waals surface area contributed by atoms with Gasteiger partial charge in [0.05, 0.1) is 18.7 Å². The van der Waals surface area contributed by atoms with Gasteiger partial charge >= 0.3 is 0 Å². The van der Waals surface area contributed by atoms with E-state index in [-0.39, 0.29) is 24.4 Å². The molecule has 0 saturated heterocycles. The Bertz CT molecular complexity index is 1190. The van der Waals surface area contributed by atoms with Crippen LogP contribution in [-0.4, -0.2) is 29.9 Å². The number of nitrogens with one attached hydrogen (secondary N) is 2. The molecule has 0 aromatic carbocycles. The number of amides is 1. The lowest BCUT2D eigenvalue weighted by Crippen LogP contribution is -2.30. The molecule has 9 heteroatoms. The first-order chi connectivity index (χ1) is 12.5. The molecule has 8 nitrogen and oxygen atoms in total. The monoisotopic (exact) mass is 414 g/mol. The average Bonchev–Trinajstić information content (AvgIpc) is 3.22. The molecule has 0 spiro atoms. The van der Waals surface area contributed by atoms with Gasteiger partial charge in [0, 0.05) is 40.4 Å². The van der Waals surface area contributed by atoms with Crippen molar-refractivity contribution < 1.29 is 4.79 Å². The van der Waals surface area contributed by atoms with Gasteiger partial charge in [0.2, 0.25) is 5.91 Å². The fourth-order valence-electron chi connectivity index (χ4n) is 2.82. The number of halogens is 1. The normalized spacial score (nSPS) is 11.3. The average molecular weight is 415 g/mol. The summed E-state index contributed by atoms with van der Waals surface area (Å²) < 4.78 is 4.15. The van der Waals surface area contributed by atoms with Crippen molar-refractivity contribution in [3.05, 3.63) is 68.6 Å². The quantitative estimate of drug-likeness (QED) is 0.529. The molecular weight excluding hydrogens is 400 g/mol. The Balaban J connectivity index is 1.49. The zero-order valence-corrected chi connectivity index (χ0v) is 15.4. The van der Waals surface area contributed by atoms with Gasteiger partial charge in [-0.15, -0.1) is 0 Å². The number of H-pyrrole nitrogens is 1. The van der Waals surface area contributed by atoms with Gasteiger partial charge in [0.1, 0.15) is 5.65 Å². The van der Waals surface area contributed by atoms with Crippen LogP contribution in [0, 0.1) is 6.92 Å². The van der Waals surface area contributed by atoms with Crippen LogP contribution in [0.5, 0.6) is 0 Å². The molecule has 0 fully saturated rings. The zero-order chi connectivity index (χ0) is 18.3. The van der Waals surface area contributed by atoms with E-state index in [2.05, 4.69) is 36.3 Å². The second kappa shape index (κ2) is 6.41. The maximum absolute atomic E-state index is 12.5. The number of aryl methyl sites for hydroxylation is 1. The maximum atomic E-state index is 12.5. The summed E-state index contributed by atoms with van der Waals surface area (Å²) in [5.41, 5.74) is 2.75. The fourth-order valence-corrected chi connectivity index (χ4v) is 3.18. The van der Waals surface area contributed by atoms with Gasteiger partial charge in [-0.25, -0.2) is 14.5 Å². The molecule has 0 aliphatic rings. The van der Waals surface area contributed by atoms with Crippen molar-refractivity contribution in [3.63, 3.8) is 0 Å². The lowest BCUT2D eigenvalue weighted by atomic mass is 10.1. The number of aromatic nitrogens is 5. The topological polar surface area (TPSA) is 96.6 Å². The summed E-state index contributed by atoms with van der Waals surface area (Å²) in [6, 6.07) is 5.50. The molecule has 4 heterocycles. The Morgan fingerprint density at radius 2 is 2.08 bits per heavy atom. The van der Waals surface area contributed by atoms with Crippen molar-refractivity contribution in [2.24, 2.45) is 0 Å². The third kappa shape index (κ3) is 3.01. The number of hydrogen-bond acceptors (Lipinski definition) is 4. The van der Waals surface area contributed by atoms with E-state index in [1.807, 2.05) is 28.9 Å². The minimum absolute atomic E-state index is 0.0292. The van der Waals surface area contributed by atoms with Crippen LogP contribution in [0.4, 0.5) is 0 Å². The van der Waals surface area contributed by atoms with Crippen molar-refractivity contribution in [1.29, 1.82) is 0 Å². The largest absolute Gasteiger partial charge is 0.350 e. The number of pyridine rings is 1. The summed E-state index contributed by atoms with van der Waals surface area (Å²) in [5, 5.41) is 5.61. The van der Waals surface area contributed by atoms with Gasteiger partial charge in [-0.3, -0.25) is 14.7 Å². The van der Waals surface area contributed by atoms with Gasteiger partial charge in [-0.1, -0.05) is 0 Å². The van der Waals surface area contributed by atoms with Crippen molar-refractivity contribution in [1.82, 2.24) is 29.3 Å². The summed E-state index contributed by atoms with van der Waals surface area (Å²) in [6.45, 7) is 2.02. The molecule has 4 rings (SSSR count). The lowest BCUT2D eigenvalue weighted by molar-refractivity contribution is -0.120. The maximum Gasteiger partial charge on any atom is 0.276 e. The first-order valence-electron chi connectivity index (χ1n) is 7.97. The summed E-state index contributed by atoms with van der Waals surface area (Å²) in [6.07, 6.45) is 5.36. The van der Waals surface area contributed by atoms with Crippen LogP contribution < -0.4 is 10.9 Å². The van der Waals surface area contributed by atoms with Gasteiger partial charge in [-0.2, -0.15) is 0 Å². The first-order valence-corrected chi connectivity index (χ1v) is 8.76. The predicted octanol–water partition coefficient (Wildman–Crippen LogP) is 1.60. The van der Waals surface area contributed by atoms with Crippen molar-refractivity contribution in [2.45, 2.75) is 19.9 Å². The third-order valence-electron chi connectivity index (χ3n) is 4.11. The lowest BCUT2D eigenvalue weighted by Gasteiger charge is -2.06. The Hall–Kier alpha value is -2.94. The molecule has 4 aromatic heterocycles. The molecule has 0 bridgehead atoms. The van der Waals surface area contributed by atoms with E-state index in [1.54, 1.807) is 19.2 Å². The number of hydrogen-bond donors (Lipinski definition) is 2. The highest BCUT2D eigenvalue weighted by molar-refractivity contribution is 9.10. The fraction of sp³-hybridized carbons (Fsp3) is 0.176. The third-order valence-corrected chi connectivity index (χ3v) is 4.58. The van der Waals surface area contributed by atoms with E-state index in [0.717, 1.165) is 15.8 Å². The Morgan fingerprint density at radius 1 is 1.23 bits per heavy atom. The van der Waals surface area contributed by atoms with Gasteiger partial charge in [-0.05, 0) is 35.0 Å². The smallest absolute Gasteiger partial charge is 0.276 e. The van der Waals surface area contributed by atoms with Crippen LogP contribution in [0.1, 0.15) is 17.0 Å². The number of carbonyl (C=O) groups excluding carboxylic acids is 1. The first kappa shape index (κ1) is 16.5. The van der Waals surface area contributed by atoms with Gasteiger partial charge in [0.15, 0.2) is 5.65 Å². The van der Waals surface area contributed by atoms with Crippen LogP contribution in [0.25, 0.3) is 11.3 Å². The highest BCUT2D eigenvalue weighted by atomic mass is 79.9. The van der Waals surface area contributed by atoms with E-state index in [1.165, 1.54) is 4.52 Å². The van der Waals surface area contributed by atoms with Gasteiger partial charge in [0.25, 0.3) is 5.56 Å². The number of rotatable bonds is 4. The standard InChI is InChI=1S/C17H15BrN6O2/c1-10-13(17(26)24-15(21-10)4-5-20-24)6-16(25)19-7-12-9-23-8-11(18)2-3-14(23)22-12/h2-5,8-9,20H,6-7H2,1H3,(H,19,25).